The van der Waals surface area contributed by atoms with Crippen molar-refractivity contribution >= 4 is 28.2 Å². The van der Waals surface area contributed by atoms with Gasteiger partial charge in [0.15, 0.2) is 0 Å². The number of piperidine rings is 1. The van der Waals surface area contributed by atoms with Gasteiger partial charge in [-0.15, -0.1) is 0 Å². The highest BCUT2D eigenvalue weighted by Crippen LogP contribution is 2.28. The number of hydrogen-bond acceptors (Lipinski definition) is 3. The maximum Gasteiger partial charge on any atom is 0.0737 e. The topological polar surface area (TPSA) is 28.2 Å². The number of nitrogens with one attached hydrogen (secondary N) is 1. The molecule has 0 aliphatic carbocycles. The number of fused-ring (bicyclic) bond motifs is 1. The molecule has 0 atom stereocenters. The Bertz CT molecular complexity index is 608. The van der Waals surface area contributed by atoms with Crippen molar-refractivity contribution in [2.75, 3.05) is 31.1 Å². The molecule has 1 saturated heterocycles. The van der Waals surface area contributed by atoms with Crippen molar-refractivity contribution in [2.45, 2.75) is 19.8 Å². The van der Waals surface area contributed by atoms with Crippen LogP contribution in [0.5, 0.6) is 0 Å². The van der Waals surface area contributed by atoms with Crippen LogP contribution in [0.15, 0.2) is 30.5 Å². The van der Waals surface area contributed by atoms with Crippen molar-refractivity contribution in [1.82, 2.24) is 10.3 Å². The molecule has 0 radical (unpaired) electrons. The zero-order valence-electron chi connectivity index (χ0n) is 12.5. The Morgan fingerprint density at radius 3 is 2.86 bits per heavy atom. The van der Waals surface area contributed by atoms with Gasteiger partial charge in [0.25, 0.3) is 0 Å². The maximum atomic E-state index is 6.08. The maximum absolute atomic E-state index is 6.08. The zero-order chi connectivity index (χ0) is 14.7. The molecule has 1 aliphatic heterocycles. The van der Waals surface area contributed by atoms with Gasteiger partial charge in [-0.2, -0.15) is 0 Å². The van der Waals surface area contributed by atoms with Crippen molar-refractivity contribution < 1.29 is 0 Å². The Hall–Kier alpha value is -1.32. The first-order valence-corrected chi connectivity index (χ1v) is 8.15. The molecule has 1 aromatic heterocycles. The van der Waals surface area contributed by atoms with Crippen LogP contribution < -0.4 is 10.2 Å². The average Bonchev–Trinajstić information content (AvgIpc) is 2.53. The highest BCUT2D eigenvalue weighted by Gasteiger charge is 2.18. The second-order valence-electron chi connectivity index (χ2n) is 5.72. The first-order valence-electron chi connectivity index (χ1n) is 7.78. The molecule has 0 saturated carbocycles. The van der Waals surface area contributed by atoms with Crippen molar-refractivity contribution in [2.24, 2.45) is 5.92 Å². The smallest absolute Gasteiger partial charge is 0.0737 e. The number of halogens is 1. The van der Waals surface area contributed by atoms with Crippen LogP contribution in [0.3, 0.4) is 0 Å². The normalized spacial score (nSPS) is 16.3. The summed E-state index contributed by atoms with van der Waals surface area (Å²) in [4.78, 5) is 6.93. The molecule has 0 spiro atoms. The highest BCUT2D eigenvalue weighted by molar-refractivity contribution is 6.31. The molecule has 0 unspecified atom stereocenters. The number of hydrogen-bond donors (Lipinski definition) is 1. The molecule has 0 amide bonds. The number of benzene rings is 1. The van der Waals surface area contributed by atoms with E-state index in [1.54, 1.807) is 0 Å². The first-order chi connectivity index (χ1) is 10.3. The van der Waals surface area contributed by atoms with Gasteiger partial charge < -0.3 is 10.2 Å². The quantitative estimate of drug-likeness (QED) is 0.933. The zero-order valence-corrected chi connectivity index (χ0v) is 13.2. The predicted molar refractivity (Wildman–Crippen MR) is 90.2 cm³/mol. The summed E-state index contributed by atoms with van der Waals surface area (Å²) < 4.78 is 0. The van der Waals surface area contributed by atoms with E-state index in [0.717, 1.165) is 42.6 Å². The largest absolute Gasteiger partial charge is 0.371 e. The number of aromatic nitrogens is 1. The summed E-state index contributed by atoms with van der Waals surface area (Å²) in [5, 5.41) is 5.37. The molecule has 1 N–H and O–H groups in total. The molecule has 1 aromatic carbocycles. The Labute approximate surface area is 131 Å². The lowest BCUT2D eigenvalue weighted by atomic mass is 9.97. The summed E-state index contributed by atoms with van der Waals surface area (Å²) in [6.45, 7) is 6.67. The molecule has 2 heterocycles. The van der Waals surface area contributed by atoms with E-state index in [1.807, 2.05) is 18.3 Å². The number of anilines is 1. The van der Waals surface area contributed by atoms with Crippen LogP contribution in [0, 0.1) is 5.92 Å². The van der Waals surface area contributed by atoms with Crippen LogP contribution in [0.2, 0.25) is 5.02 Å². The molecule has 4 heteroatoms. The van der Waals surface area contributed by atoms with Crippen LogP contribution in [0.4, 0.5) is 5.69 Å². The van der Waals surface area contributed by atoms with Gasteiger partial charge in [-0.25, -0.2) is 0 Å². The Balaban J connectivity index is 1.89. The average molecular weight is 304 g/mol. The SMILES string of the molecule is CCN(CC1CCNCC1)c1ccnc2cc(Cl)ccc12. The van der Waals surface area contributed by atoms with E-state index in [4.69, 9.17) is 11.6 Å². The van der Waals surface area contributed by atoms with E-state index >= 15 is 0 Å². The van der Waals surface area contributed by atoms with E-state index in [0.29, 0.717) is 0 Å². The Morgan fingerprint density at radius 2 is 2.10 bits per heavy atom. The van der Waals surface area contributed by atoms with Gasteiger partial charge in [-0.05, 0) is 63.0 Å². The minimum Gasteiger partial charge on any atom is -0.371 e. The second-order valence-corrected chi connectivity index (χ2v) is 6.16. The third-order valence-corrected chi connectivity index (χ3v) is 4.58. The van der Waals surface area contributed by atoms with E-state index in [1.165, 1.54) is 23.9 Å². The third kappa shape index (κ3) is 3.30. The summed E-state index contributed by atoms with van der Waals surface area (Å²) in [6.07, 6.45) is 4.43. The van der Waals surface area contributed by atoms with Gasteiger partial charge in [-0.3, -0.25) is 4.98 Å². The van der Waals surface area contributed by atoms with Gasteiger partial charge in [0.2, 0.25) is 0 Å². The molecule has 1 fully saturated rings. The van der Waals surface area contributed by atoms with Gasteiger partial charge in [0.05, 0.1) is 5.52 Å². The molecule has 3 rings (SSSR count). The summed E-state index contributed by atoms with van der Waals surface area (Å²) in [5.74, 6) is 0.779. The third-order valence-electron chi connectivity index (χ3n) is 4.34. The fourth-order valence-electron chi connectivity index (χ4n) is 3.16. The number of rotatable bonds is 4. The summed E-state index contributed by atoms with van der Waals surface area (Å²) in [7, 11) is 0. The van der Waals surface area contributed by atoms with E-state index in [2.05, 4.69) is 34.3 Å². The second kappa shape index (κ2) is 6.63. The van der Waals surface area contributed by atoms with Gasteiger partial charge in [-0.1, -0.05) is 11.6 Å². The highest BCUT2D eigenvalue weighted by atomic mass is 35.5. The van der Waals surface area contributed by atoms with Crippen LogP contribution in [-0.2, 0) is 0 Å². The van der Waals surface area contributed by atoms with Gasteiger partial charge >= 0.3 is 0 Å². The lowest BCUT2D eigenvalue weighted by Crippen LogP contribution is -2.36. The fraction of sp³-hybridized carbons (Fsp3) is 0.471. The van der Waals surface area contributed by atoms with Crippen LogP contribution in [-0.4, -0.2) is 31.2 Å². The monoisotopic (exact) mass is 303 g/mol. The van der Waals surface area contributed by atoms with Crippen molar-refractivity contribution in [3.05, 3.63) is 35.5 Å². The van der Waals surface area contributed by atoms with Crippen molar-refractivity contribution in [1.29, 1.82) is 0 Å². The lowest BCUT2D eigenvalue weighted by molar-refractivity contribution is 0.375. The molecular formula is C17H22ClN3. The predicted octanol–water partition coefficient (Wildman–Crippen LogP) is 3.71. The summed E-state index contributed by atoms with van der Waals surface area (Å²) >= 11 is 6.08. The van der Waals surface area contributed by atoms with E-state index in [9.17, 15) is 0 Å². The van der Waals surface area contributed by atoms with Crippen LogP contribution >= 0.6 is 11.6 Å². The molecule has 3 nitrogen and oxygen atoms in total. The summed E-state index contributed by atoms with van der Waals surface area (Å²) in [6, 6.07) is 8.11. The van der Waals surface area contributed by atoms with Crippen LogP contribution in [0.25, 0.3) is 10.9 Å². The molecule has 21 heavy (non-hydrogen) atoms. The first kappa shape index (κ1) is 14.6. The number of nitrogens with zero attached hydrogens (tertiary/aromatic N) is 2. The minimum atomic E-state index is 0.744. The van der Waals surface area contributed by atoms with Crippen molar-refractivity contribution in [3.63, 3.8) is 0 Å². The standard InChI is InChI=1S/C17H22ClN3/c1-2-21(12-13-5-8-19-9-6-13)17-7-10-20-16-11-14(18)3-4-15(16)17/h3-4,7,10-11,13,19H,2,5-6,8-9,12H2,1H3. The van der Waals surface area contributed by atoms with Gasteiger partial charge in [0, 0.05) is 35.4 Å². The molecule has 0 bridgehead atoms. The van der Waals surface area contributed by atoms with E-state index in [-0.39, 0.29) is 0 Å². The lowest BCUT2D eigenvalue weighted by Gasteiger charge is -2.31. The molecular weight excluding hydrogens is 282 g/mol. The van der Waals surface area contributed by atoms with Crippen molar-refractivity contribution in [3.8, 4) is 0 Å². The minimum absolute atomic E-state index is 0.744. The summed E-state index contributed by atoms with van der Waals surface area (Å²) in [5.41, 5.74) is 2.25. The fourth-order valence-corrected chi connectivity index (χ4v) is 3.32. The molecule has 2 aromatic rings. The van der Waals surface area contributed by atoms with Gasteiger partial charge in [0.1, 0.15) is 0 Å². The molecule has 112 valence electrons. The van der Waals surface area contributed by atoms with Crippen LogP contribution in [0.1, 0.15) is 19.8 Å². The number of pyridine rings is 1. The Morgan fingerprint density at radius 1 is 1.29 bits per heavy atom. The Kier molecular flexibility index (Phi) is 4.61. The van der Waals surface area contributed by atoms with E-state index < -0.39 is 0 Å². The molecule has 1 aliphatic rings.